The molecule has 1 saturated heterocycles. The lowest BCUT2D eigenvalue weighted by atomic mass is 9.89. The van der Waals surface area contributed by atoms with Crippen molar-refractivity contribution >= 4 is 5.91 Å². The Bertz CT molecular complexity index is 810. The van der Waals surface area contributed by atoms with Gasteiger partial charge in [-0.3, -0.25) is 9.69 Å². The van der Waals surface area contributed by atoms with E-state index in [1.165, 1.54) is 11.1 Å². The van der Waals surface area contributed by atoms with Crippen LogP contribution in [-0.4, -0.2) is 44.7 Å². The number of carbonyl (C=O) groups excluding carboxylic acids is 1. The molecular weight excluding hydrogens is 338 g/mol. The minimum atomic E-state index is -0.118. The molecule has 1 N–H and O–H groups in total. The van der Waals surface area contributed by atoms with E-state index in [0.717, 1.165) is 44.8 Å². The Morgan fingerprint density at radius 1 is 1.11 bits per heavy atom. The molecule has 3 heterocycles. The fourth-order valence-electron chi connectivity index (χ4n) is 4.38. The first-order chi connectivity index (χ1) is 13.0. The van der Waals surface area contributed by atoms with Crippen molar-refractivity contribution < 1.29 is 4.79 Å². The maximum atomic E-state index is 12.4. The Labute approximate surface area is 161 Å². The summed E-state index contributed by atoms with van der Waals surface area (Å²) in [4.78, 5) is 14.9. The maximum Gasteiger partial charge on any atom is 0.289 e. The highest BCUT2D eigenvalue weighted by Gasteiger charge is 2.39. The largest absolute Gasteiger partial charge is 0.347 e. The summed E-state index contributed by atoms with van der Waals surface area (Å²) in [6, 6.07) is 9.08. The summed E-state index contributed by atoms with van der Waals surface area (Å²) in [6.45, 7) is 10.1. The molecule has 1 amide bonds. The molecule has 1 aromatic carbocycles. The van der Waals surface area contributed by atoms with E-state index in [4.69, 9.17) is 0 Å². The van der Waals surface area contributed by atoms with Crippen molar-refractivity contribution in [2.45, 2.75) is 52.7 Å². The second-order valence-corrected chi connectivity index (χ2v) is 8.27. The molecule has 0 unspecified atom stereocenters. The van der Waals surface area contributed by atoms with Gasteiger partial charge in [0.15, 0.2) is 0 Å². The molecule has 0 bridgehead atoms. The van der Waals surface area contributed by atoms with Crippen LogP contribution in [0.5, 0.6) is 0 Å². The monoisotopic (exact) mass is 367 g/mol. The third-order valence-electron chi connectivity index (χ3n) is 5.80. The Morgan fingerprint density at radius 3 is 2.52 bits per heavy atom. The molecule has 0 saturated carbocycles. The van der Waals surface area contributed by atoms with E-state index in [1.54, 1.807) is 0 Å². The van der Waals surface area contributed by atoms with Crippen LogP contribution in [0.25, 0.3) is 0 Å². The molecule has 1 aromatic heterocycles. The van der Waals surface area contributed by atoms with E-state index in [9.17, 15) is 4.79 Å². The van der Waals surface area contributed by atoms with E-state index in [1.807, 2.05) is 18.4 Å². The van der Waals surface area contributed by atoms with E-state index in [-0.39, 0.29) is 11.9 Å². The minimum absolute atomic E-state index is 0.0999. The number of hydrogen-bond donors (Lipinski definition) is 1. The Balaban J connectivity index is 1.42. The molecule has 4 rings (SSSR count). The van der Waals surface area contributed by atoms with Crippen molar-refractivity contribution in [3.05, 3.63) is 47.0 Å². The van der Waals surface area contributed by atoms with E-state index in [2.05, 4.69) is 51.6 Å². The van der Waals surface area contributed by atoms with Crippen LogP contribution in [0.1, 0.15) is 48.3 Å². The van der Waals surface area contributed by atoms with Crippen molar-refractivity contribution in [3.8, 4) is 0 Å². The van der Waals surface area contributed by atoms with Gasteiger partial charge in [0.2, 0.25) is 5.82 Å². The van der Waals surface area contributed by atoms with Crippen LogP contribution >= 0.6 is 0 Å². The van der Waals surface area contributed by atoms with Crippen molar-refractivity contribution in [2.75, 3.05) is 13.1 Å². The predicted molar refractivity (Wildman–Crippen MR) is 104 cm³/mol. The van der Waals surface area contributed by atoms with Gasteiger partial charge in [-0.1, -0.05) is 31.2 Å². The first-order valence-corrected chi connectivity index (χ1v) is 10.1. The van der Waals surface area contributed by atoms with Gasteiger partial charge in [0, 0.05) is 38.6 Å². The van der Waals surface area contributed by atoms with Crippen LogP contribution in [0.15, 0.2) is 24.3 Å². The molecule has 0 spiro atoms. The van der Waals surface area contributed by atoms with Gasteiger partial charge >= 0.3 is 0 Å². The number of carbonyl (C=O) groups is 1. The summed E-state index contributed by atoms with van der Waals surface area (Å²) in [6.07, 6.45) is 2.00. The lowest BCUT2D eigenvalue weighted by molar-refractivity contribution is 0.0924. The molecule has 2 aliphatic rings. The van der Waals surface area contributed by atoms with Gasteiger partial charge < -0.3 is 9.88 Å². The number of benzene rings is 1. The van der Waals surface area contributed by atoms with Gasteiger partial charge in [0.05, 0.1) is 0 Å². The third-order valence-corrected chi connectivity index (χ3v) is 5.80. The highest BCUT2D eigenvalue weighted by molar-refractivity contribution is 5.90. The van der Waals surface area contributed by atoms with Gasteiger partial charge in [-0.15, -0.1) is 10.2 Å². The molecule has 6 nitrogen and oxygen atoms in total. The minimum Gasteiger partial charge on any atom is -0.347 e. The van der Waals surface area contributed by atoms with Gasteiger partial charge in [0.25, 0.3) is 5.91 Å². The fraction of sp³-hybridized carbons (Fsp3) is 0.571. The molecule has 6 heteroatoms. The molecule has 0 aliphatic carbocycles. The average Bonchev–Trinajstić information content (AvgIpc) is 3.22. The zero-order chi connectivity index (χ0) is 19.0. The van der Waals surface area contributed by atoms with Crippen LogP contribution in [0, 0.1) is 11.8 Å². The van der Waals surface area contributed by atoms with Gasteiger partial charge in [-0.2, -0.15) is 0 Å². The Kier molecular flexibility index (Phi) is 5.00. The molecule has 2 aliphatic heterocycles. The quantitative estimate of drug-likeness (QED) is 0.881. The topological polar surface area (TPSA) is 63.1 Å². The zero-order valence-electron chi connectivity index (χ0n) is 16.5. The summed E-state index contributed by atoms with van der Waals surface area (Å²) in [5, 5.41) is 11.4. The lowest BCUT2D eigenvalue weighted by Gasteiger charge is -2.25. The number of amides is 1. The van der Waals surface area contributed by atoms with Crippen LogP contribution in [0.4, 0.5) is 0 Å². The van der Waals surface area contributed by atoms with E-state index in [0.29, 0.717) is 17.7 Å². The molecular formula is C21H29N5O. The maximum absolute atomic E-state index is 12.4. The SMILES string of the molecule is CCc1ccc(CN2C[C@@H]3Cc4nnc(C(=O)NC(C)C)n4C[C@@H]3C2)cc1. The highest BCUT2D eigenvalue weighted by Crippen LogP contribution is 2.33. The number of aromatic nitrogens is 3. The standard InChI is InChI=1S/C21H29N5O/c1-4-15-5-7-16(8-6-15)10-25-11-17-9-19-23-24-20(21(27)22-14(2)3)26(19)13-18(17)12-25/h5-8,14,17-18H,4,9-13H2,1-3H3,(H,22,27)/t17-,18-/m0/s1. The van der Waals surface area contributed by atoms with Gasteiger partial charge in [0.1, 0.15) is 5.82 Å². The number of nitrogens with one attached hydrogen (secondary N) is 1. The number of fused-ring (bicyclic) bond motifs is 2. The molecule has 2 atom stereocenters. The first-order valence-electron chi connectivity index (χ1n) is 10.1. The summed E-state index contributed by atoms with van der Waals surface area (Å²) < 4.78 is 2.04. The van der Waals surface area contributed by atoms with Gasteiger partial charge in [-0.05, 0) is 43.2 Å². The van der Waals surface area contributed by atoms with Crippen molar-refractivity contribution in [1.82, 2.24) is 25.0 Å². The van der Waals surface area contributed by atoms with E-state index >= 15 is 0 Å². The summed E-state index contributed by atoms with van der Waals surface area (Å²) in [5.41, 5.74) is 2.77. The molecule has 0 radical (unpaired) electrons. The second kappa shape index (κ2) is 7.43. The smallest absolute Gasteiger partial charge is 0.289 e. The van der Waals surface area contributed by atoms with Crippen molar-refractivity contribution in [2.24, 2.45) is 11.8 Å². The van der Waals surface area contributed by atoms with Crippen LogP contribution in [0.2, 0.25) is 0 Å². The van der Waals surface area contributed by atoms with E-state index < -0.39 is 0 Å². The Hall–Kier alpha value is -2.21. The molecule has 1 fully saturated rings. The normalized spacial score (nSPS) is 21.9. The molecule has 2 aromatic rings. The molecule has 27 heavy (non-hydrogen) atoms. The fourth-order valence-corrected chi connectivity index (χ4v) is 4.38. The number of aryl methyl sites for hydroxylation is 1. The van der Waals surface area contributed by atoms with Gasteiger partial charge in [-0.25, -0.2) is 0 Å². The summed E-state index contributed by atoms with van der Waals surface area (Å²) in [7, 11) is 0. The second-order valence-electron chi connectivity index (χ2n) is 8.27. The van der Waals surface area contributed by atoms with Crippen LogP contribution in [0.3, 0.4) is 0 Å². The Morgan fingerprint density at radius 2 is 1.81 bits per heavy atom. The number of rotatable bonds is 5. The average molecular weight is 367 g/mol. The van der Waals surface area contributed by atoms with Crippen LogP contribution < -0.4 is 5.32 Å². The lowest BCUT2D eigenvalue weighted by Crippen LogP contribution is -2.35. The first kappa shape index (κ1) is 18.2. The van der Waals surface area contributed by atoms with Crippen molar-refractivity contribution in [1.29, 1.82) is 0 Å². The van der Waals surface area contributed by atoms with Crippen molar-refractivity contribution in [3.63, 3.8) is 0 Å². The number of likely N-dealkylation sites (tertiary alicyclic amines) is 1. The zero-order valence-corrected chi connectivity index (χ0v) is 16.5. The van der Waals surface area contributed by atoms with Crippen LogP contribution in [-0.2, 0) is 25.9 Å². The summed E-state index contributed by atoms with van der Waals surface area (Å²) in [5.74, 6) is 2.48. The molecule has 144 valence electrons. The third kappa shape index (κ3) is 3.76. The number of nitrogens with zero attached hydrogens (tertiary/aromatic N) is 4. The number of hydrogen-bond acceptors (Lipinski definition) is 4. The predicted octanol–water partition coefficient (Wildman–Crippen LogP) is 2.28. The summed E-state index contributed by atoms with van der Waals surface area (Å²) >= 11 is 0. The highest BCUT2D eigenvalue weighted by atomic mass is 16.2.